The van der Waals surface area contributed by atoms with Gasteiger partial charge in [0.1, 0.15) is 36.1 Å². The lowest BCUT2D eigenvalue weighted by Crippen LogP contribution is -2.40. The van der Waals surface area contributed by atoms with E-state index in [9.17, 15) is 24.0 Å². The molecule has 2 atom stereocenters. The number of benzene rings is 2. The molecule has 3 aliphatic rings. The minimum Gasteiger partial charge on any atom is -0.463 e. The van der Waals surface area contributed by atoms with E-state index in [-0.39, 0.29) is 70.0 Å². The fraction of sp³-hybridized carbons (Fsp3) is 0.400. The molecule has 2 unspecified atom stereocenters. The van der Waals surface area contributed by atoms with Gasteiger partial charge in [-0.05, 0) is 31.2 Å². The summed E-state index contributed by atoms with van der Waals surface area (Å²) in [5.74, 6) is -2.15. The molecule has 2 heterocycles. The van der Waals surface area contributed by atoms with Crippen molar-refractivity contribution in [3.63, 3.8) is 0 Å². The van der Waals surface area contributed by atoms with E-state index < -0.39 is 41.0 Å². The first-order valence-corrected chi connectivity index (χ1v) is 15.4. The van der Waals surface area contributed by atoms with E-state index in [0.29, 0.717) is 28.0 Å². The van der Waals surface area contributed by atoms with Crippen LogP contribution in [-0.4, -0.2) is 76.1 Å². The summed E-state index contributed by atoms with van der Waals surface area (Å²) in [6.07, 6.45) is 2.73. The van der Waals surface area contributed by atoms with Crippen molar-refractivity contribution in [1.29, 1.82) is 0 Å². The number of hydrogen-bond donors (Lipinski definition) is 0. The molecule has 13 nitrogen and oxygen atoms in total. The molecule has 0 saturated carbocycles. The molecule has 1 spiro atoms. The zero-order valence-electron chi connectivity index (χ0n) is 26.9. The molecule has 254 valence electrons. The topological polar surface area (TPSA) is 159 Å². The van der Waals surface area contributed by atoms with E-state index in [2.05, 4.69) is 0 Å². The van der Waals surface area contributed by atoms with E-state index in [1.165, 1.54) is 20.3 Å². The first kappa shape index (κ1) is 34.3. The van der Waals surface area contributed by atoms with Crippen molar-refractivity contribution >= 4 is 29.8 Å². The molecule has 2 aromatic rings. The van der Waals surface area contributed by atoms with Crippen LogP contribution >= 0.6 is 0 Å². The summed E-state index contributed by atoms with van der Waals surface area (Å²) in [7, 11) is 2.97. The van der Waals surface area contributed by atoms with E-state index in [4.69, 9.17) is 37.9 Å². The van der Waals surface area contributed by atoms with E-state index in [1.54, 1.807) is 55.5 Å². The summed E-state index contributed by atoms with van der Waals surface area (Å²) in [4.78, 5) is 62.4. The summed E-state index contributed by atoms with van der Waals surface area (Å²) in [5.41, 5.74) is -0.535. The van der Waals surface area contributed by atoms with Crippen molar-refractivity contribution in [3.05, 3.63) is 82.6 Å². The average molecular weight is 665 g/mol. The molecular formula is C35H36O13. The number of esters is 5. The van der Waals surface area contributed by atoms with Crippen molar-refractivity contribution in [1.82, 2.24) is 0 Å². The number of methoxy groups -OCH3 is 2. The van der Waals surface area contributed by atoms with Crippen LogP contribution in [0, 0.1) is 0 Å². The van der Waals surface area contributed by atoms with Gasteiger partial charge in [-0.15, -0.1) is 0 Å². The molecule has 2 aromatic carbocycles. The summed E-state index contributed by atoms with van der Waals surface area (Å²) in [6.45, 7) is 2.35. The highest BCUT2D eigenvalue weighted by Gasteiger charge is 2.55. The number of ether oxygens (including phenoxy) is 8. The van der Waals surface area contributed by atoms with Crippen molar-refractivity contribution in [2.24, 2.45) is 0 Å². The van der Waals surface area contributed by atoms with Crippen LogP contribution in [0.2, 0.25) is 0 Å². The molecule has 13 heteroatoms. The maximum Gasteiger partial charge on any atom is 0.340 e. The van der Waals surface area contributed by atoms with Gasteiger partial charge in [-0.3, -0.25) is 19.2 Å². The first-order chi connectivity index (χ1) is 23.1. The number of carbonyl (C=O) groups excluding carboxylic acids is 5. The fourth-order valence-electron chi connectivity index (χ4n) is 5.66. The average Bonchev–Trinajstić information content (AvgIpc) is 3.35. The van der Waals surface area contributed by atoms with Crippen molar-refractivity contribution in [2.75, 3.05) is 40.6 Å². The van der Waals surface area contributed by atoms with E-state index in [0.717, 1.165) is 0 Å². The zero-order chi connectivity index (χ0) is 34.3. The van der Waals surface area contributed by atoms with Gasteiger partial charge in [-0.2, -0.15) is 0 Å². The largest absolute Gasteiger partial charge is 0.463 e. The van der Waals surface area contributed by atoms with Crippen LogP contribution in [0.3, 0.4) is 0 Å². The van der Waals surface area contributed by atoms with Gasteiger partial charge in [0.05, 0.1) is 44.5 Å². The van der Waals surface area contributed by atoms with Crippen LogP contribution in [0.25, 0.3) is 0 Å². The summed E-state index contributed by atoms with van der Waals surface area (Å²) in [5, 5.41) is 0. The Morgan fingerprint density at radius 3 is 2.12 bits per heavy atom. The van der Waals surface area contributed by atoms with Gasteiger partial charge in [0.15, 0.2) is 5.60 Å². The molecule has 5 rings (SSSR count). The third-order valence-corrected chi connectivity index (χ3v) is 7.88. The molecule has 48 heavy (non-hydrogen) atoms. The molecule has 0 amide bonds. The Balaban J connectivity index is 1.36. The van der Waals surface area contributed by atoms with Crippen molar-refractivity contribution < 1.29 is 61.9 Å². The quantitative estimate of drug-likeness (QED) is 0.124. The van der Waals surface area contributed by atoms with Crippen molar-refractivity contribution in [2.45, 2.75) is 50.2 Å². The highest BCUT2D eigenvalue weighted by molar-refractivity contribution is 5.97. The van der Waals surface area contributed by atoms with Crippen LogP contribution in [0.4, 0.5) is 0 Å². The van der Waals surface area contributed by atoms with Gasteiger partial charge in [-0.1, -0.05) is 24.3 Å². The van der Waals surface area contributed by atoms with Gasteiger partial charge in [-0.25, -0.2) is 4.79 Å². The third-order valence-electron chi connectivity index (χ3n) is 7.88. The molecule has 0 aromatic heterocycles. The molecule has 0 bridgehead atoms. The molecule has 0 radical (unpaired) electrons. The molecule has 1 aliphatic carbocycles. The van der Waals surface area contributed by atoms with Crippen LogP contribution in [-0.2, 0) is 53.2 Å². The summed E-state index contributed by atoms with van der Waals surface area (Å²) in [6, 6.07) is 11.7. The first-order valence-electron chi connectivity index (χ1n) is 15.4. The summed E-state index contributed by atoms with van der Waals surface area (Å²) < 4.78 is 43.5. The maximum absolute atomic E-state index is 13.2. The van der Waals surface area contributed by atoms with Gasteiger partial charge >= 0.3 is 29.8 Å². The second kappa shape index (κ2) is 14.8. The molecule has 0 N–H and O–H groups in total. The Kier molecular flexibility index (Phi) is 10.6. The second-order valence-electron chi connectivity index (χ2n) is 11.4. The minimum atomic E-state index is -1.39. The Hall–Kier alpha value is -5.01. The van der Waals surface area contributed by atoms with Crippen LogP contribution in [0.1, 0.15) is 60.5 Å². The number of fused-ring (bicyclic) bond motifs is 5. The van der Waals surface area contributed by atoms with E-state index in [1.807, 2.05) is 0 Å². The second-order valence-corrected chi connectivity index (χ2v) is 11.4. The summed E-state index contributed by atoms with van der Waals surface area (Å²) >= 11 is 0. The molecule has 0 saturated heterocycles. The van der Waals surface area contributed by atoms with Crippen LogP contribution in [0.15, 0.2) is 65.9 Å². The monoisotopic (exact) mass is 664 g/mol. The predicted octanol–water partition coefficient (Wildman–Crippen LogP) is 3.85. The maximum atomic E-state index is 13.2. The lowest BCUT2D eigenvalue weighted by Gasteiger charge is -2.41. The zero-order valence-corrected chi connectivity index (χ0v) is 26.9. The number of carbonyl (C=O) groups is 5. The Bertz CT molecular complexity index is 1660. The smallest absolute Gasteiger partial charge is 0.340 e. The SMILES string of the molecule is COCCOC(=O)CCC(=O)Oc1ccc2c(c1)OC1=C(C=CC(C)(OC(=O)CCC(=O)OCCOC)C1)C21OC(=O)c2ccccc21. The number of hydrogen-bond acceptors (Lipinski definition) is 13. The normalized spacial score (nSPS) is 20.2. The Labute approximate surface area is 276 Å². The molecular weight excluding hydrogens is 628 g/mol. The predicted molar refractivity (Wildman–Crippen MR) is 165 cm³/mol. The Morgan fingerprint density at radius 1 is 0.792 bits per heavy atom. The highest BCUT2D eigenvalue weighted by Crippen LogP contribution is 2.56. The van der Waals surface area contributed by atoms with Gasteiger partial charge in [0, 0.05) is 43.4 Å². The fourth-order valence-corrected chi connectivity index (χ4v) is 5.66. The van der Waals surface area contributed by atoms with Gasteiger partial charge in [0.25, 0.3) is 0 Å². The number of rotatable bonds is 14. The van der Waals surface area contributed by atoms with Crippen molar-refractivity contribution in [3.8, 4) is 11.5 Å². The third kappa shape index (κ3) is 7.42. The van der Waals surface area contributed by atoms with E-state index >= 15 is 0 Å². The van der Waals surface area contributed by atoms with Gasteiger partial charge in [0.2, 0.25) is 0 Å². The lowest BCUT2D eigenvalue weighted by atomic mass is 9.74. The molecule has 2 aliphatic heterocycles. The lowest BCUT2D eigenvalue weighted by molar-refractivity contribution is -0.158. The standard InChI is InChI=1S/C35H36O13/c1-34(47-32(39)13-11-30(37)44-19-17-42-3)15-14-26-28(21-34)46-27-20-22(45-31(38)12-10-29(36)43-18-16-41-2)8-9-25(27)35(26)24-7-5-4-6-23(24)33(40)48-35/h4-9,14-15,20H,10-13,16-19,21H2,1-3H3. The minimum absolute atomic E-state index is 0.0684. The molecule has 0 fully saturated rings. The highest BCUT2D eigenvalue weighted by atomic mass is 16.6. The van der Waals surface area contributed by atoms with Crippen LogP contribution in [0.5, 0.6) is 11.5 Å². The Morgan fingerprint density at radius 2 is 1.44 bits per heavy atom. The van der Waals surface area contributed by atoms with Crippen LogP contribution < -0.4 is 9.47 Å². The van der Waals surface area contributed by atoms with Gasteiger partial charge < -0.3 is 37.9 Å².